The molecule has 0 spiro atoms. The average Bonchev–Trinajstić information content (AvgIpc) is 3.30. The Labute approximate surface area is 203 Å². The van der Waals surface area contributed by atoms with E-state index in [1.54, 1.807) is 42.2 Å². The first-order valence-corrected chi connectivity index (χ1v) is 12.6. The number of hydrogen-bond donors (Lipinski definition) is 1. The van der Waals surface area contributed by atoms with Crippen LogP contribution in [-0.2, 0) is 16.4 Å². The number of rotatable bonds is 8. The second-order valence-corrected chi connectivity index (χ2v) is 9.98. The van der Waals surface area contributed by atoms with Crippen LogP contribution in [0.25, 0.3) is 0 Å². The predicted molar refractivity (Wildman–Crippen MR) is 128 cm³/mol. The van der Waals surface area contributed by atoms with Gasteiger partial charge in [-0.15, -0.1) is 0 Å². The van der Waals surface area contributed by atoms with Crippen LogP contribution < -0.4 is 14.4 Å². The van der Waals surface area contributed by atoms with Crippen molar-refractivity contribution in [3.05, 3.63) is 71.4 Å². The molecule has 3 aromatic rings. The van der Waals surface area contributed by atoms with Gasteiger partial charge in [0.2, 0.25) is 10.0 Å². The quantitative estimate of drug-likeness (QED) is 0.505. The number of methoxy groups -OCH3 is 1. The molecular formula is C24H27FN4O5S. The van der Waals surface area contributed by atoms with E-state index in [4.69, 9.17) is 9.26 Å². The number of carbonyl (C=O) groups excluding carboxylic acids is 1. The molecular weight excluding hydrogens is 475 g/mol. The Balaban J connectivity index is 1.42. The van der Waals surface area contributed by atoms with Crippen molar-refractivity contribution in [2.75, 3.05) is 44.7 Å². The highest BCUT2D eigenvalue weighted by Crippen LogP contribution is 2.32. The van der Waals surface area contributed by atoms with Gasteiger partial charge in [-0.25, -0.2) is 17.5 Å². The number of amides is 1. The van der Waals surface area contributed by atoms with Gasteiger partial charge in [-0.05, 0) is 49.2 Å². The minimum absolute atomic E-state index is 0.115. The number of carbonyl (C=O) groups is 1. The molecule has 2 aromatic carbocycles. The fourth-order valence-corrected chi connectivity index (χ4v) is 4.98. The number of sulfonamides is 1. The van der Waals surface area contributed by atoms with E-state index in [0.717, 1.165) is 5.56 Å². The normalized spacial score (nSPS) is 14.3. The van der Waals surface area contributed by atoms with E-state index < -0.39 is 10.0 Å². The van der Waals surface area contributed by atoms with Gasteiger partial charge in [0.25, 0.3) is 5.91 Å². The second kappa shape index (κ2) is 10.4. The van der Waals surface area contributed by atoms with Gasteiger partial charge in [0.15, 0.2) is 5.69 Å². The maximum atomic E-state index is 13.1. The largest absolute Gasteiger partial charge is 0.495 e. The Morgan fingerprint density at radius 1 is 1.11 bits per heavy atom. The maximum Gasteiger partial charge on any atom is 0.276 e. The maximum absolute atomic E-state index is 13.1. The first-order valence-electron chi connectivity index (χ1n) is 11.2. The van der Waals surface area contributed by atoms with Crippen molar-refractivity contribution in [2.45, 2.75) is 18.2 Å². The fourth-order valence-electron chi connectivity index (χ4n) is 3.93. The Hall–Kier alpha value is -3.44. The van der Waals surface area contributed by atoms with E-state index >= 15 is 0 Å². The molecule has 4 rings (SSSR count). The molecule has 2 heterocycles. The van der Waals surface area contributed by atoms with Gasteiger partial charge in [-0.1, -0.05) is 17.3 Å². The first-order chi connectivity index (χ1) is 16.8. The standard InChI is InChI=1S/C24H27FN4O5S/c1-17-15-21(27-34-17)24(30)29-13-11-28(12-14-29)22-16-20(7-8-23(22)33-2)35(31,32)26-10-9-18-3-5-19(25)6-4-18/h3-8,15-16,26H,9-14H2,1-2H3. The zero-order valence-electron chi connectivity index (χ0n) is 19.5. The van der Waals surface area contributed by atoms with Crippen molar-refractivity contribution in [3.8, 4) is 5.75 Å². The molecule has 1 aromatic heterocycles. The SMILES string of the molecule is COc1ccc(S(=O)(=O)NCCc2ccc(F)cc2)cc1N1CCN(C(=O)c2cc(C)on2)CC1. The highest BCUT2D eigenvalue weighted by molar-refractivity contribution is 7.89. The zero-order valence-corrected chi connectivity index (χ0v) is 20.3. The van der Waals surface area contributed by atoms with Gasteiger partial charge < -0.3 is 19.1 Å². The lowest BCUT2D eigenvalue weighted by atomic mass is 10.1. The lowest BCUT2D eigenvalue weighted by Crippen LogP contribution is -2.49. The summed E-state index contributed by atoms with van der Waals surface area (Å²) in [5, 5.41) is 3.79. The van der Waals surface area contributed by atoms with E-state index in [1.807, 2.05) is 4.90 Å². The van der Waals surface area contributed by atoms with Gasteiger partial charge in [0.05, 0.1) is 17.7 Å². The number of benzene rings is 2. The third-order valence-corrected chi connectivity index (χ3v) is 7.29. The van der Waals surface area contributed by atoms with Crippen molar-refractivity contribution in [1.82, 2.24) is 14.8 Å². The number of anilines is 1. The number of hydrogen-bond acceptors (Lipinski definition) is 7. The molecule has 1 fully saturated rings. The van der Waals surface area contributed by atoms with Crippen LogP contribution in [0, 0.1) is 12.7 Å². The molecule has 0 saturated carbocycles. The van der Waals surface area contributed by atoms with Crippen LogP contribution in [0.3, 0.4) is 0 Å². The van der Waals surface area contributed by atoms with Gasteiger partial charge in [-0.2, -0.15) is 0 Å². The minimum atomic E-state index is -3.77. The summed E-state index contributed by atoms with van der Waals surface area (Å²) in [5.74, 6) is 0.580. The lowest BCUT2D eigenvalue weighted by molar-refractivity contribution is 0.0736. The van der Waals surface area contributed by atoms with Gasteiger partial charge in [0, 0.05) is 38.8 Å². The summed E-state index contributed by atoms with van der Waals surface area (Å²) in [7, 11) is -2.24. The highest BCUT2D eigenvalue weighted by atomic mass is 32.2. The Bertz CT molecular complexity index is 1290. The van der Waals surface area contributed by atoms with E-state index in [-0.39, 0.29) is 28.9 Å². The smallest absolute Gasteiger partial charge is 0.276 e. The molecule has 1 amide bonds. The van der Waals surface area contributed by atoms with Gasteiger partial charge >= 0.3 is 0 Å². The van der Waals surface area contributed by atoms with E-state index in [2.05, 4.69) is 9.88 Å². The second-order valence-electron chi connectivity index (χ2n) is 8.21. The molecule has 0 unspecified atom stereocenters. The summed E-state index contributed by atoms with van der Waals surface area (Å²) in [6, 6.07) is 12.3. The molecule has 1 aliphatic heterocycles. The van der Waals surface area contributed by atoms with Crippen molar-refractivity contribution in [2.24, 2.45) is 0 Å². The monoisotopic (exact) mass is 502 g/mol. The van der Waals surface area contributed by atoms with Crippen molar-refractivity contribution in [1.29, 1.82) is 0 Å². The van der Waals surface area contributed by atoms with Crippen molar-refractivity contribution in [3.63, 3.8) is 0 Å². The molecule has 0 bridgehead atoms. The van der Waals surface area contributed by atoms with E-state index in [0.29, 0.717) is 49.8 Å². The van der Waals surface area contributed by atoms with Crippen LogP contribution in [0.2, 0.25) is 0 Å². The number of aryl methyl sites for hydroxylation is 1. The number of nitrogens with zero attached hydrogens (tertiary/aromatic N) is 3. The number of halogens is 1. The molecule has 11 heteroatoms. The summed E-state index contributed by atoms with van der Waals surface area (Å²) in [4.78, 5) is 16.4. The third-order valence-electron chi connectivity index (χ3n) is 5.83. The number of nitrogens with one attached hydrogen (secondary N) is 1. The van der Waals surface area contributed by atoms with Crippen LogP contribution in [0.5, 0.6) is 5.75 Å². The zero-order chi connectivity index (χ0) is 25.0. The molecule has 1 N–H and O–H groups in total. The number of ether oxygens (including phenoxy) is 1. The Morgan fingerprint density at radius 2 is 1.83 bits per heavy atom. The van der Waals surface area contributed by atoms with E-state index in [1.165, 1.54) is 25.3 Å². The molecule has 0 aliphatic carbocycles. The van der Waals surface area contributed by atoms with E-state index in [9.17, 15) is 17.6 Å². The molecule has 1 saturated heterocycles. The van der Waals surface area contributed by atoms with Crippen molar-refractivity contribution < 1.29 is 26.9 Å². The third kappa shape index (κ3) is 5.80. The number of piperazine rings is 1. The molecule has 0 radical (unpaired) electrons. The summed E-state index contributed by atoms with van der Waals surface area (Å²) < 4.78 is 52.0. The highest BCUT2D eigenvalue weighted by Gasteiger charge is 2.26. The number of aromatic nitrogens is 1. The fraction of sp³-hybridized carbons (Fsp3) is 0.333. The van der Waals surface area contributed by atoms with Crippen LogP contribution >= 0.6 is 0 Å². The Morgan fingerprint density at radius 3 is 2.46 bits per heavy atom. The first kappa shape index (κ1) is 24.7. The molecule has 9 nitrogen and oxygen atoms in total. The average molecular weight is 503 g/mol. The Kier molecular flexibility index (Phi) is 7.37. The topological polar surface area (TPSA) is 105 Å². The molecule has 186 valence electrons. The van der Waals surface area contributed by atoms with Crippen LogP contribution in [0.1, 0.15) is 21.8 Å². The van der Waals surface area contributed by atoms with Crippen molar-refractivity contribution >= 4 is 21.6 Å². The molecule has 1 aliphatic rings. The molecule has 0 atom stereocenters. The van der Waals surface area contributed by atoms with Crippen LogP contribution in [0.15, 0.2) is 57.9 Å². The molecule has 35 heavy (non-hydrogen) atoms. The summed E-state index contributed by atoms with van der Waals surface area (Å²) in [5.41, 5.74) is 1.74. The minimum Gasteiger partial charge on any atom is -0.495 e. The lowest BCUT2D eigenvalue weighted by Gasteiger charge is -2.36. The van der Waals surface area contributed by atoms with Crippen LogP contribution in [0.4, 0.5) is 10.1 Å². The summed E-state index contributed by atoms with van der Waals surface area (Å²) in [6.45, 7) is 3.80. The summed E-state index contributed by atoms with van der Waals surface area (Å²) in [6.07, 6.45) is 0.434. The summed E-state index contributed by atoms with van der Waals surface area (Å²) >= 11 is 0. The predicted octanol–water partition coefficient (Wildman–Crippen LogP) is 2.61. The van der Waals surface area contributed by atoms with Gasteiger partial charge in [-0.3, -0.25) is 4.79 Å². The van der Waals surface area contributed by atoms with Gasteiger partial charge in [0.1, 0.15) is 17.3 Å². The van der Waals surface area contributed by atoms with Crippen LogP contribution in [-0.4, -0.2) is 64.2 Å².